The molecular formula is C21H21N3O2. The van der Waals surface area contributed by atoms with Crippen molar-refractivity contribution in [1.29, 1.82) is 5.26 Å². The highest BCUT2D eigenvalue weighted by Crippen LogP contribution is 2.37. The molecule has 5 heteroatoms. The number of rotatable bonds is 3. The molecule has 0 N–H and O–H groups in total. The Hall–Kier alpha value is -2.84. The van der Waals surface area contributed by atoms with Gasteiger partial charge in [0.15, 0.2) is 6.19 Å². The number of benzene rings is 2. The molecule has 0 aromatic heterocycles. The molecule has 2 aromatic carbocycles. The molecule has 2 aliphatic heterocycles. The van der Waals surface area contributed by atoms with E-state index in [1.807, 2.05) is 35.2 Å². The first-order chi connectivity index (χ1) is 12.7. The molecule has 0 radical (unpaired) electrons. The van der Waals surface area contributed by atoms with Crippen LogP contribution in [0.4, 0.5) is 5.69 Å². The highest BCUT2D eigenvalue weighted by Gasteiger charge is 2.40. The van der Waals surface area contributed by atoms with E-state index in [1.54, 1.807) is 12.0 Å². The van der Waals surface area contributed by atoms with E-state index in [9.17, 15) is 10.1 Å². The predicted molar refractivity (Wildman–Crippen MR) is 99.5 cm³/mol. The number of nitriles is 1. The zero-order chi connectivity index (χ0) is 18.1. The maximum atomic E-state index is 13.2. The Morgan fingerprint density at radius 2 is 2.00 bits per heavy atom. The summed E-state index contributed by atoms with van der Waals surface area (Å²) in [6, 6.07) is 15.9. The third kappa shape index (κ3) is 2.73. The third-order valence-electron chi connectivity index (χ3n) is 5.39. The van der Waals surface area contributed by atoms with Crippen LogP contribution in [-0.2, 0) is 16.0 Å². The second kappa shape index (κ2) is 6.81. The molecule has 132 valence electrons. The molecule has 5 nitrogen and oxygen atoms in total. The first-order valence-corrected chi connectivity index (χ1v) is 8.90. The molecule has 4 rings (SSSR count). The highest BCUT2D eigenvalue weighted by molar-refractivity contribution is 6.00. The quantitative estimate of drug-likeness (QED) is 0.801. The van der Waals surface area contributed by atoms with Crippen LogP contribution in [0.25, 0.3) is 11.1 Å². The van der Waals surface area contributed by atoms with Crippen molar-refractivity contribution in [1.82, 2.24) is 4.90 Å². The van der Waals surface area contributed by atoms with Gasteiger partial charge in [0.05, 0.1) is 12.6 Å². The summed E-state index contributed by atoms with van der Waals surface area (Å²) in [6.45, 7) is 1.14. The smallest absolute Gasteiger partial charge is 0.250 e. The molecule has 1 amide bonds. The zero-order valence-electron chi connectivity index (χ0n) is 14.8. The van der Waals surface area contributed by atoms with Gasteiger partial charge in [-0.2, -0.15) is 5.26 Å². The van der Waals surface area contributed by atoms with E-state index in [-0.39, 0.29) is 12.0 Å². The predicted octanol–water partition coefficient (Wildman–Crippen LogP) is 2.81. The zero-order valence-corrected chi connectivity index (χ0v) is 14.8. The second-order valence-corrected chi connectivity index (χ2v) is 6.77. The van der Waals surface area contributed by atoms with Crippen LogP contribution < -0.4 is 4.90 Å². The van der Waals surface area contributed by atoms with Crippen LogP contribution in [0.1, 0.15) is 12.0 Å². The van der Waals surface area contributed by atoms with Crippen LogP contribution in [0.2, 0.25) is 0 Å². The maximum Gasteiger partial charge on any atom is 0.250 e. The first-order valence-electron chi connectivity index (χ1n) is 8.90. The van der Waals surface area contributed by atoms with Gasteiger partial charge in [0.25, 0.3) is 5.91 Å². The Balaban J connectivity index is 1.65. The SMILES string of the molecule is CO[C@@H]1C[C@@H](C(=O)N2CCc3c(-c4ccccc4)cccc32)N(C#N)C1. The molecule has 0 unspecified atom stereocenters. The molecule has 2 aliphatic rings. The summed E-state index contributed by atoms with van der Waals surface area (Å²) in [5.74, 6) is -0.00457. The summed E-state index contributed by atoms with van der Waals surface area (Å²) in [6.07, 6.45) is 3.48. The van der Waals surface area contributed by atoms with Crippen molar-refractivity contribution in [3.05, 3.63) is 54.1 Å². The van der Waals surface area contributed by atoms with Crippen LogP contribution in [0.15, 0.2) is 48.5 Å². The minimum Gasteiger partial charge on any atom is -0.379 e. The highest BCUT2D eigenvalue weighted by atomic mass is 16.5. The van der Waals surface area contributed by atoms with Crippen molar-refractivity contribution in [2.45, 2.75) is 25.0 Å². The number of anilines is 1. The van der Waals surface area contributed by atoms with Gasteiger partial charge in [0, 0.05) is 25.8 Å². The summed E-state index contributed by atoms with van der Waals surface area (Å²) >= 11 is 0. The standard InChI is InChI=1S/C21H21N3O2/c1-26-16-12-20(23(13-16)14-22)21(25)24-11-10-18-17(8-5-9-19(18)24)15-6-3-2-4-7-15/h2-9,16,20H,10-13H2,1H3/t16-,20+/m1/s1. The Morgan fingerprint density at radius 3 is 2.73 bits per heavy atom. The molecule has 2 atom stereocenters. The number of amides is 1. The van der Waals surface area contributed by atoms with Gasteiger partial charge in [-0.05, 0) is 29.2 Å². The van der Waals surface area contributed by atoms with E-state index in [4.69, 9.17) is 4.74 Å². The lowest BCUT2D eigenvalue weighted by Crippen LogP contribution is -2.43. The van der Waals surface area contributed by atoms with Crippen molar-refractivity contribution >= 4 is 11.6 Å². The number of nitrogens with zero attached hydrogens (tertiary/aromatic N) is 3. The Kier molecular flexibility index (Phi) is 4.36. The molecule has 2 heterocycles. The summed E-state index contributed by atoms with van der Waals surface area (Å²) in [5.41, 5.74) is 4.52. The number of fused-ring (bicyclic) bond motifs is 1. The number of methoxy groups -OCH3 is 1. The van der Waals surface area contributed by atoms with Gasteiger partial charge in [-0.1, -0.05) is 42.5 Å². The maximum absolute atomic E-state index is 13.2. The number of likely N-dealkylation sites (tertiary alicyclic amines) is 1. The number of carbonyl (C=O) groups excluding carboxylic acids is 1. The number of hydrogen-bond donors (Lipinski definition) is 0. The van der Waals surface area contributed by atoms with Crippen LogP contribution >= 0.6 is 0 Å². The molecule has 26 heavy (non-hydrogen) atoms. The fourth-order valence-electron chi connectivity index (χ4n) is 4.04. The van der Waals surface area contributed by atoms with Crippen molar-refractivity contribution in [3.8, 4) is 17.3 Å². The van der Waals surface area contributed by atoms with Gasteiger partial charge < -0.3 is 9.64 Å². The summed E-state index contributed by atoms with van der Waals surface area (Å²) in [5, 5.41) is 9.38. The van der Waals surface area contributed by atoms with Gasteiger partial charge in [0.2, 0.25) is 0 Å². The molecule has 0 saturated carbocycles. The van der Waals surface area contributed by atoms with Crippen molar-refractivity contribution in [2.24, 2.45) is 0 Å². The molecule has 1 fully saturated rings. The first kappa shape index (κ1) is 16.6. The van der Waals surface area contributed by atoms with Gasteiger partial charge in [-0.25, -0.2) is 0 Å². The molecule has 0 bridgehead atoms. The number of hydrogen-bond acceptors (Lipinski definition) is 4. The third-order valence-corrected chi connectivity index (χ3v) is 5.39. The topological polar surface area (TPSA) is 56.6 Å². The Bertz CT molecular complexity index is 859. The average molecular weight is 347 g/mol. The molecule has 2 aromatic rings. The van der Waals surface area contributed by atoms with Gasteiger partial charge in [-0.3, -0.25) is 9.69 Å². The molecule has 1 saturated heterocycles. The van der Waals surface area contributed by atoms with Crippen LogP contribution in [0.5, 0.6) is 0 Å². The van der Waals surface area contributed by atoms with Crippen LogP contribution in [-0.4, -0.2) is 43.2 Å². The normalized spacial score (nSPS) is 21.5. The van der Waals surface area contributed by atoms with Crippen molar-refractivity contribution < 1.29 is 9.53 Å². The van der Waals surface area contributed by atoms with Gasteiger partial charge in [0.1, 0.15) is 6.04 Å². The van der Waals surface area contributed by atoms with Crippen molar-refractivity contribution in [3.63, 3.8) is 0 Å². The minimum absolute atomic E-state index is 0.00457. The van der Waals surface area contributed by atoms with Crippen LogP contribution in [0.3, 0.4) is 0 Å². The summed E-state index contributed by atoms with van der Waals surface area (Å²) in [4.78, 5) is 16.6. The monoisotopic (exact) mass is 347 g/mol. The summed E-state index contributed by atoms with van der Waals surface area (Å²) < 4.78 is 5.37. The van der Waals surface area contributed by atoms with E-state index < -0.39 is 6.04 Å². The van der Waals surface area contributed by atoms with Crippen LogP contribution in [0, 0.1) is 11.5 Å². The van der Waals surface area contributed by atoms with E-state index in [1.165, 1.54) is 11.1 Å². The molecule has 0 spiro atoms. The average Bonchev–Trinajstić information content (AvgIpc) is 3.32. The summed E-state index contributed by atoms with van der Waals surface area (Å²) in [7, 11) is 1.63. The molecular weight excluding hydrogens is 326 g/mol. The second-order valence-electron chi connectivity index (χ2n) is 6.77. The van der Waals surface area contributed by atoms with E-state index in [0.29, 0.717) is 19.5 Å². The minimum atomic E-state index is -0.434. The van der Waals surface area contributed by atoms with E-state index in [2.05, 4.69) is 24.4 Å². The lowest BCUT2D eigenvalue weighted by atomic mass is 9.98. The number of ether oxygens (including phenoxy) is 1. The van der Waals surface area contributed by atoms with E-state index in [0.717, 1.165) is 17.7 Å². The number of carbonyl (C=O) groups is 1. The lowest BCUT2D eigenvalue weighted by Gasteiger charge is -2.24. The fraction of sp³-hybridized carbons (Fsp3) is 0.333. The largest absolute Gasteiger partial charge is 0.379 e. The Morgan fingerprint density at radius 1 is 1.19 bits per heavy atom. The Labute approximate surface area is 153 Å². The fourth-order valence-corrected chi connectivity index (χ4v) is 4.04. The van der Waals surface area contributed by atoms with Gasteiger partial charge >= 0.3 is 0 Å². The molecule has 0 aliphatic carbocycles. The van der Waals surface area contributed by atoms with E-state index >= 15 is 0 Å². The lowest BCUT2D eigenvalue weighted by molar-refractivity contribution is -0.122. The van der Waals surface area contributed by atoms with Gasteiger partial charge in [-0.15, -0.1) is 0 Å². The van der Waals surface area contributed by atoms with Crippen molar-refractivity contribution in [2.75, 3.05) is 25.1 Å².